The highest BCUT2D eigenvalue weighted by Gasteiger charge is 2.00. The van der Waals surface area contributed by atoms with Crippen molar-refractivity contribution in [2.75, 3.05) is 7.11 Å². The van der Waals surface area contributed by atoms with E-state index in [4.69, 9.17) is 9.47 Å². The molecule has 17 heavy (non-hydrogen) atoms. The smallest absolute Gasteiger partial charge is 0.213 e. The fourth-order valence-electron chi connectivity index (χ4n) is 1.26. The fraction of sp³-hybridized carbons (Fsp3) is 0.167. The van der Waals surface area contributed by atoms with E-state index < -0.39 is 5.95 Å². The van der Waals surface area contributed by atoms with Crippen molar-refractivity contribution in [3.05, 3.63) is 48.2 Å². The summed E-state index contributed by atoms with van der Waals surface area (Å²) in [6.45, 7) is 0.282. The van der Waals surface area contributed by atoms with Gasteiger partial charge >= 0.3 is 0 Å². The van der Waals surface area contributed by atoms with E-state index >= 15 is 0 Å². The SMILES string of the molecule is COc1cccc(COc2ccc(F)nc2)n1. The number of halogens is 1. The van der Waals surface area contributed by atoms with E-state index in [9.17, 15) is 4.39 Å². The summed E-state index contributed by atoms with van der Waals surface area (Å²) >= 11 is 0. The molecule has 0 bridgehead atoms. The van der Waals surface area contributed by atoms with Crippen LogP contribution in [0.4, 0.5) is 4.39 Å². The van der Waals surface area contributed by atoms with Gasteiger partial charge in [-0.25, -0.2) is 9.97 Å². The average molecular weight is 234 g/mol. The topological polar surface area (TPSA) is 44.2 Å². The summed E-state index contributed by atoms with van der Waals surface area (Å²) in [6.07, 6.45) is 1.33. The van der Waals surface area contributed by atoms with Gasteiger partial charge in [-0.05, 0) is 18.2 Å². The summed E-state index contributed by atoms with van der Waals surface area (Å²) in [6, 6.07) is 8.16. The summed E-state index contributed by atoms with van der Waals surface area (Å²) in [7, 11) is 1.55. The van der Waals surface area contributed by atoms with E-state index in [-0.39, 0.29) is 6.61 Å². The molecular weight excluding hydrogens is 223 g/mol. The number of methoxy groups -OCH3 is 1. The van der Waals surface area contributed by atoms with E-state index in [1.807, 2.05) is 12.1 Å². The van der Waals surface area contributed by atoms with Crippen molar-refractivity contribution in [2.24, 2.45) is 0 Å². The van der Waals surface area contributed by atoms with Crippen LogP contribution in [0.2, 0.25) is 0 Å². The molecule has 4 nitrogen and oxygen atoms in total. The second-order valence-corrected chi connectivity index (χ2v) is 3.28. The van der Waals surface area contributed by atoms with Gasteiger partial charge in [0.2, 0.25) is 11.8 Å². The van der Waals surface area contributed by atoms with Crippen molar-refractivity contribution in [3.8, 4) is 11.6 Å². The van der Waals surface area contributed by atoms with E-state index in [0.717, 1.165) is 5.69 Å². The lowest BCUT2D eigenvalue weighted by Crippen LogP contribution is -1.99. The maximum absolute atomic E-state index is 12.6. The average Bonchev–Trinajstić information content (AvgIpc) is 2.38. The first-order valence-electron chi connectivity index (χ1n) is 5.02. The van der Waals surface area contributed by atoms with Crippen molar-refractivity contribution >= 4 is 0 Å². The van der Waals surface area contributed by atoms with Gasteiger partial charge in [0.15, 0.2) is 0 Å². The van der Waals surface area contributed by atoms with Crippen LogP contribution in [-0.4, -0.2) is 17.1 Å². The first-order chi connectivity index (χ1) is 8.28. The lowest BCUT2D eigenvalue weighted by Gasteiger charge is -2.06. The third-order valence-corrected chi connectivity index (χ3v) is 2.08. The maximum Gasteiger partial charge on any atom is 0.213 e. The summed E-state index contributed by atoms with van der Waals surface area (Å²) < 4.78 is 22.9. The Morgan fingerprint density at radius 1 is 1.24 bits per heavy atom. The Hall–Kier alpha value is -2.17. The zero-order valence-corrected chi connectivity index (χ0v) is 9.26. The van der Waals surface area contributed by atoms with E-state index in [2.05, 4.69) is 9.97 Å². The number of hydrogen-bond acceptors (Lipinski definition) is 4. The van der Waals surface area contributed by atoms with Crippen molar-refractivity contribution in [3.63, 3.8) is 0 Å². The number of hydrogen-bond donors (Lipinski definition) is 0. The lowest BCUT2D eigenvalue weighted by molar-refractivity contribution is 0.296. The minimum atomic E-state index is -0.531. The number of ether oxygens (including phenoxy) is 2. The summed E-state index contributed by atoms with van der Waals surface area (Å²) in [5, 5.41) is 0. The Bertz CT molecular complexity index is 488. The van der Waals surface area contributed by atoms with Crippen LogP contribution < -0.4 is 9.47 Å². The summed E-state index contributed by atoms with van der Waals surface area (Å²) in [5.74, 6) is 0.496. The molecule has 5 heteroatoms. The van der Waals surface area contributed by atoms with Gasteiger partial charge in [-0.15, -0.1) is 0 Å². The molecule has 0 aliphatic rings. The van der Waals surface area contributed by atoms with Crippen LogP contribution in [0.15, 0.2) is 36.5 Å². The molecule has 88 valence electrons. The van der Waals surface area contributed by atoms with E-state index in [0.29, 0.717) is 11.6 Å². The number of pyridine rings is 2. The number of aromatic nitrogens is 2. The highest BCUT2D eigenvalue weighted by Crippen LogP contribution is 2.12. The molecule has 0 saturated carbocycles. The fourth-order valence-corrected chi connectivity index (χ4v) is 1.26. The highest BCUT2D eigenvalue weighted by atomic mass is 19.1. The third-order valence-electron chi connectivity index (χ3n) is 2.08. The molecule has 2 aromatic rings. The standard InChI is InChI=1S/C12H11FN2O2/c1-16-12-4-2-3-9(15-12)8-17-10-5-6-11(13)14-7-10/h2-7H,8H2,1H3. The quantitative estimate of drug-likeness (QED) is 0.761. The van der Waals surface area contributed by atoms with Crippen molar-refractivity contribution in [1.29, 1.82) is 0 Å². The van der Waals surface area contributed by atoms with Crippen LogP contribution in [0, 0.1) is 5.95 Å². The minimum absolute atomic E-state index is 0.282. The van der Waals surface area contributed by atoms with Crippen molar-refractivity contribution < 1.29 is 13.9 Å². The lowest BCUT2D eigenvalue weighted by atomic mass is 10.3. The van der Waals surface area contributed by atoms with Gasteiger partial charge in [-0.2, -0.15) is 4.39 Å². The molecule has 0 fully saturated rings. The molecule has 2 aromatic heterocycles. The zero-order chi connectivity index (χ0) is 12.1. The van der Waals surface area contributed by atoms with Crippen molar-refractivity contribution in [2.45, 2.75) is 6.61 Å². The van der Waals surface area contributed by atoms with Crippen LogP contribution in [-0.2, 0) is 6.61 Å². The Morgan fingerprint density at radius 2 is 2.12 bits per heavy atom. The van der Waals surface area contributed by atoms with Crippen LogP contribution >= 0.6 is 0 Å². The number of rotatable bonds is 4. The predicted molar refractivity (Wildman–Crippen MR) is 59.3 cm³/mol. The summed E-state index contributed by atoms with van der Waals surface area (Å²) in [5.41, 5.74) is 0.730. The minimum Gasteiger partial charge on any atom is -0.486 e. The third kappa shape index (κ3) is 3.14. The Kier molecular flexibility index (Phi) is 3.49. The van der Waals surface area contributed by atoms with E-state index in [1.54, 1.807) is 13.2 Å². The zero-order valence-electron chi connectivity index (χ0n) is 9.26. The van der Waals surface area contributed by atoms with Gasteiger partial charge in [-0.1, -0.05) is 6.07 Å². The summed E-state index contributed by atoms with van der Waals surface area (Å²) in [4.78, 5) is 7.67. The first kappa shape index (κ1) is 11.3. The molecule has 2 rings (SSSR count). The molecule has 0 radical (unpaired) electrons. The molecule has 0 unspecified atom stereocenters. The first-order valence-corrected chi connectivity index (χ1v) is 5.02. The largest absolute Gasteiger partial charge is 0.486 e. The van der Waals surface area contributed by atoms with Gasteiger partial charge in [0.1, 0.15) is 12.4 Å². The molecule has 0 aliphatic carbocycles. The van der Waals surface area contributed by atoms with Gasteiger partial charge in [0.05, 0.1) is 19.0 Å². The van der Waals surface area contributed by atoms with Crippen LogP contribution in [0.25, 0.3) is 0 Å². The molecule has 0 N–H and O–H groups in total. The van der Waals surface area contributed by atoms with Gasteiger partial charge < -0.3 is 9.47 Å². The maximum atomic E-state index is 12.6. The van der Waals surface area contributed by atoms with Gasteiger partial charge in [0.25, 0.3) is 0 Å². The second-order valence-electron chi connectivity index (χ2n) is 3.28. The highest BCUT2D eigenvalue weighted by molar-refractivity contribution is 5.18. The second kappa shape index (κ2) is 5.25. The predicted octanol–water partition coefficient (Wildman–Crippen LogP) is 2.20. The van der Waals surface area contributed by atoms with Crippen LogP contribution in [0.5, 0.6) is 11.6 Å². The molecule has 0 saturated heterocycles. The van der Waals surface area contributed by atoms with Gasteiger partial charge in [0, 0.05) is 6.07 Å². The van der Waals surface area contributed by atoms with E-state index in [1.165, 1.54) is 18.3 Å². The van der Waals surface area contributed by atoms with Gasteiger partial charge in [-0.3, -0.25) is 0 Å². The molecule has 2 heterocycles. The Morgan fingerprint density at radius 3 is 2.82 bits per heavy atom. The molecule has 0 aliphatic heterocycles. The Labute approximate surface area is 98.1 Å². The molecular formula is C12H11FN2O2. The normalized spacial score (nSPS) is 10.0. The van der Waals surface area contributed by atoms with Crippen LogP contribution in [0.3, 0.4) is 0 Å². The van der Waals surface area contributed by atoms with Crippen molar-refractivity contribution in [1.82, 2.24) is 9.97 Å². The number of nitrogens with zero attached hydrogens (tertiary/aromatic N) is 2. The molecule has 0 amide bonds. The molecule has 0 spiro atoms. The van der Waals surface area contributed by atoms with Crippen LogP contribution in [0.1, 0.15) is 5.69 Å². The Balaban J connectivity index is 1.99. The molecule has 0 aromatic carbocycles. The molecule has 0 atom stereocenters. The monoisotopic (exact) mass is 234 g/mol.